The van der Waals surface area contributed by atoms with E-state index in [1.165, 1.54) is 10.4 Å². The topological polar surface area (TPSA) is 55.8 Å². The number of methoxy groups -OCH3 is 1. The summed E-state index contributed by atoms with van der Waals surface area (Å²) in [7, 11) is 1.62. The maximum Gasteiger partial charge on any atom is 0.306 e. The number of nitrogens with zero attached hydrogens (tertiary/aromatic N) is 1. The molecule has 0 saturated carbocycles. The van der Waals surface area contributed by atoms with Crippen LogP contribution in [0.5, 0.6) is 5.75 Å². The lowest BCUT2D eigenvalue weighted by atomic mass is 10.1. The van der Waals surface area contributed by atoms with Gasteiger partial charge in [0.1, 0.15) is 5.75 Å². The van der Waals surface area contributed by atoms with E-state index in [1.807, 2.05) is 24.3 Å². The summed E-state index contributed by atoms with van der Waals surface area (Å²) in [6.45, 7) is 1.12. The van der Waals surface area contributed by atoms with E-state index in [0.29, 0.717) is 19.5 Å². The lowest BCUT2D eigenvalue weighted by molar-refractivity contribution is -0.152. The monoisotopic (exact) mass is 359 g/mol. The SMILES string of the molecule is COc1ccc(CCC(=O)OCC(=O)N2CCc3sccc3C2)cc1. The number of esters is 1. The molecule has 0 atom stereocenters. The van der Waals surface area contributed by atoms with Gasteiger partial charge in [-0.15, -0.1) is 11.3 Å². The maximum absolute atomic E-state index is 12.2. The highest BCUT2D eigenvalue weighted by Gasteiger charge is 2.22. The summed E-state index contributed by atoms with van der Waals surface area (Å²) in [5.41, 5.74) is 2.24. The molecule has 5 nitrogen and oxygen atoms in total. The summed E-state index contributed by atoms with van der Waals surface area (Å²) in [6.07, 6.45) is 1.72. The fraction of sp³-hybridized carbons (Fsp3) is 0.368. The van der Waals surface area contributed by atoms with Crippen LogP contribution in [-0.2, 0) is 33.7 Å². The number of hydrogen-bond donors (Lipinski definition) is 0. The second-order valence-corrected chi connectivity index (χ2v) is 6.94. The Balaban J connectivity index is 1.40. The molecule has 3 rings (SSSR count). The number of amides is 1. The normalized spacial score (nSPS) is 13.2. The number of hydrogen-bond acceptors (Lipinski definition) is 5. The highest BCUT2D eigenvalue weighted by Crippen LogP contribution is 2.24. The van der Waals surface area contributed by atoms with Gasteiger partial charge >= 0.3 is 5.97 Å². The number of aryl methyl sites for hydroxylation is 1. The minimum absolute atomic E-state index is 0.130. The van der Waals surface area contributed by atoms with E-state index in [0.717, 1.165) is 17.7 Å². The van der Waals surface area contributed by atoms with Crippen LogP contribution in [0.2, 0.25) is 0 Å². The first-order chi connectivity index (χ1) is 12.2. The van der Waals surface area contributed by atoms with E-state index in [9.17, 15) is 9.59 Å². The van der Waals surface area contributed by atoms with Gasteiger partial charge in [0.15, 0.2) is 6.61 Å². The van der Waals surface area contributed by atoms with Crippen molar-refractivity contribution in [2.75, 3.05) is 20.3 Å². The molecular formula is C19H21NO4S. The van der Waals surface area contributed by atoms with Gasteiger partial charge in [-0.2, -0.15) is 0 Å². The Kier molecular flexibility index (Phi) is 5.71. The van der Waals surface area contributed by atoms with Crippen LogP contribution in [0, 0.1) is 0 Å². The summed E-state index contributed by atoms with van der Waals surface area (Å²) < 4.78 is 10.2. The molecule has 0 bridgehead atoms. The molecule has 0 saturated heterocycles. The van der Waals surface area contributed by atoms with Gasteiger partial charge in [-0.05, 0) is 47.5 Å². The van der Waals surface area contributed by atoms with Crippen molar-refractivity contribution in [1.82, 2.24) is 4.90 Å². The van der Waals surface area contributed by atoms with Crippen molar-refractivity contribution in [3.8, 4) is 5.75 Å². The van der Waals surface area contributed by atoms with Crippen LogP contribution in [-0.4, -0.2) is 37.0 Å². The predicted octanol–water partition coefficient (Wildman–Crippen LogP) is 2.82. The molecule has 25 heavy (non-hydrogen) atoms. The number of benzene rings is 1. The first kappa shape index (κ1) is 17.5. The van der Waals surface area contributed by atoms with Crippen LogP contribution in [0.15, 0.2) is 35.7 Å². The average molecular weight is 359 g/mol. The van der Waals surface area contributed by atoms with Gasteiger partial charge in [-0.1, -0.05) is 12.1 Å². The van der Waals surface area contributed by atoms with E-state index in [4.69, 9.17) is 9.47 Å². The molecule has 1 aromatic carbocycles. The zero-order valence-corrected chi connectivity index (χ0v) is 15.0. The third-order valence-corrected chi connectivity index (χ3v) is 5.32. The first-order valence-corrected chi connectivity index (χ1v) is 9.15. The Morgan fingerprint density at radius 2 is 2.00 bits per heavy atom. The molecule has 1 amide bonds. The standard InChI is InChI=1S/C19H21NO4S/c1-23-16-5-2-14(3-6-16)4-7-19(22)24-13-18(21)20-10-8-17-15(12-20)9-11-25-17/h2-3,5-6,9,11H,4,7-8,10,12-13H2,1H3. The van der Waals surface area contributed by atoms with E-state index in [1.54, 1.807) is 23.3 Å². The summed E-state index contributed by atoms with van der Waals surface area (Å²) in [6, 6.07) is 9.62. The Bertz CT molecular complexity index is 738. The maximum atomic E-state index is 12.2. The van der Waals surface area contributed by atoms with Crippen LogP contribution in [0.25, 0.3) is 0 Å². The largest absolute Gasteiger partial charge is 0.497 e. The second-order valence-electron chi connectivity index (χ2n) is 5.94. The van der Waals surface area contributed by atoms with Gasteiger partial charge in [0.05, 0.1) is 7.11 Å². The van der Waals surface area contributed by atoms with Crippen molar-refractivity contribution in [2.24, 2.45) is 0 Å². The van der Waals surface area contributed by atoms with Gasteiger partial charge in [0.25, 0.3) is 5.91 Å². The highest BCUT2D eigenvalue weighted by atomic mass is 32.1. The lowest BCUT2D eigenvalue weighted by Gasteiger charge is -2.26. The molecule has 0 N–H and O–H groups in total. The number of rotatable bonds is 6. The van der Waals surface area contributed by atoms with Crippen molar-refractivity contribution in [3.05, 3.63) is 51.7 Å². The number of fused-ring (bicyclic) bond motifs is 1. The molecule has 2 aromatic rings. The molecule has 0 spiro atoms. The zero-order valence-electron chi connectivity index (χ0n) is 14.2. The Morgan fingerprint density at radius 3 is 2.76 bits per heavy atom. The van der Waals surface area contributed by atoms with Crippen LogP contribution < -0.4 is 4.74 Å². The van der Waals surface area contributed by atoms with Gasteiger partial charge in [0.2, 0.25) is 0 Å². The van der Waals surface area contributed by atoms with E-state index >= 15 is 0 Å². The highest BCUT2D eigenvalue weighted by molar-refractivity contribution is 7.10. The zero-order chi connectivity index (χ0) is 17.6. The van der Waals surface area contributed by atoms with E-state index in [2.05, 4.69) is 11.4 Å². The molecule has 132 valence electrons. The quantitative estimate of drug-likeness (QED) is 0.744. The smallest absolute Gasteiger partial charge is 0.306 e. The molecule has 0 unspecified atom stereocenters. The fourth-order valence-electron chi connectivity index (χ4n) is 2.81. The summed E-state index contributed by atoms with van der Waals surface area (Å²) in [4.78, 5) is 27.2. The van der Waals surface area contributed by atoms with Gasteiger partial charge in [0, 0.05) is 24.4 Å². The van der Waals surface area contributed by atoms with Crippen LogP contribution in [0.1, 0.15) is 22.4 Å². The summed E-state index contributed by atoms with van der Waals surface area (Å²) >= 11 is 1.73. The second kappa shape index (κ2) is 8.16. The minimum Gasteiger partial charge on any atom is -0.497 e. The molecule has 2 heterocycles. The number of ether oxygens (including phenoxy) is 2. The van der Waals surface area contributed by atoms with Crippen LogP contribution in [0.3, 0.4) is 0 Å². The van der Waals surface area contributed by atoms with Crippen LogP contribution in [0.4, 0.5) is 0 Å². The Hall–Kier alpha value is -2.34. The molecular weight excluding hydrogens is 338 g/mol. The van der Waals surface area contributed by atoms with Gasteiger partial charge in [-0.3, -0.25) is 9.59 Å². The molecule has 1 aromatic heterocycles. The van der Waals surface area contributed by atoms with E-state index < -0.39 is 0 Å². The Labute approximate surface area is 151 Å². The molecule has 0 fully saturated rings. The number of thiophene rings is 1. The average Bonchev–Trinajstić information content (AvgIpc) is 3.12. The van der Waals surface area contributed by atoms with E-state index in [-0.39, 0.29) is 24.9 Å². The molecule has 6 heteroatoms. The third-order valence-electron chi connectivity index (χ3n) is 4.29. The fourth-order valence-corrected chi connectivity index (χ4v) is 3.70. The predicted molar refractivity (Wildman–Crippen MR) is 95.7 cm³/mol. The van der Waals surface area contributed by atoms with Gasteiger partial charge in [-0.25, -0.2) is 0 Å². The molecule has 0 radical (unpaired) electrons. The molecule has 1 aliphatic rings. The van der Waals surface area contributed by atoms with Crippen molar-refractivity contribution in [1.29, 1.82) is 0 Å². The third kappa shape index (κ3) is 4.60. The van der Waals surface area contributed by atoms with Crippen molar-refractivity contribution in [3.63, 3.8) is 0 Å². The number of carbonyl (C=O) groups is 2. The van der Waals surface area contributed by atoms with Crippen LogP contribution >= 0.6 is 11.3 Å². The first-order valence-electron chi connectivity index (χ1n) is 8.27. The van der Waals surface area contributed by atoms with Crippen molar-refractivity contribution >= 4 is 23.2 Å². The summed E-state index contributed by atoms with van der Waals surface area (Å²) in [5, 5.41) is 2.05. The minimum atomic E-state index is -0.350. The van der Waals surface area contributed by atoms with Crippen molar-refractivity contribution in [2.45, 2.75) is 25.8 Å². The lowest BCUT2D eigenvalue weighted by Crippen LogP contribution is -2.38. The van der Waals surface area contributed by atoms with Gasteiger partial charge < -0.3 is 14.4 Å². The molecule has 0 aliphatic carbocycles. The number of carbonyl (C=O) groups excluding carboxylic acids is 2. The summed E-state index contributed by atoms with van der Waals surface area (Å²) in [5.74, 6) is 0.305. The molecule has 1 aliphatic heterocycles. The van der Waals surface area contributed by atoms with Crippen molar-refractivity contribution < 1.29 is 19.1 Å². The Morgan fingerprint density at radius 1 is 1.20 bits per heavy atom.